The molecule has 0 amide bonds. The molecule has 12 rings (SSSR count). The van der Waals surface area contributed by atoms with Gasteiger partial charge < -0.3 is 99.7 Å². The second-order valence-electron chi connectivity index (χ2n) is 21.4. The number of aromatic amines is 2. The number of ether oxygens (including phenoxy) is 6. The molecule has 8 bridgehead atoms. The predicted molar refractivity (Wildman–Crippen MR) is 310 cm³/mol. The van der Waals surface area contributed by atoms with Gasteiger partial charge in [0.15, 0.2) is 18.9 Å². The standard InChI is InChI=1S/C62H59N5O20/c68-51-44(85-60(77)57(74)54(51)71)25-82-33-11-3-29(4-12-33)48-38-19-17-36(63-38)47(28-1-9-32(10-2-28)67(80)81)37-18-20-39(64-37)49(30-5-13-34(14-6-30)83-26-45-52(69)55(72)58(75)61(78)86-45)41-22-24-43(66-41)50(42-23-21-40(48)65-42)31-7-15-35(16-8-31)84-27-46-53(70)56(73)59(76)62(79)87-46/h1-24,44-46,51-63,65,68-79H,25-27H2/t44-,45-,46-,51-,52-,53-,54+,55+,56+,57-,58-,59-,60+,61+,62+/m1/s1. The molecule has 0 aliphatic carbocycles. The molecule has 5 aliphatic heterocycles. The summed E-state index contributed by atoms with van der Waals surface area (Å²) in [5.74, 6) is 1.02. The van der Waals surface area contributed by atoms with Crippen molar-refractivity contribution in [3.8, 4) is 61.8 Å². The van der Waals surface area contributed by atoms with Gasteiger partial charge in [0, 0.05) is 56.5 Å². The van der Waals surface area contributed by atoms with E-state index in [9.17, 15) is 71.4 Å². The lowest BCUT2D eigenvalue weighted by Crippen LogP contribution is -2.58. The number of aliphatic hydroxyl groups is 12. The fourth-order valence-electron chi connectivity index (χ4n) is 11.1. The van der Waals surface area contributed by atoms with Crippen LogP contribution in [0.5, 0.6) is 17.2 Å². The van der Waals surface area contributed by atoms with E-state index in [1.165, 1.54) is 12.1 Å². The molecule has 0 unspecified atom stereocenters. The number of H-pyrrole nitrogens is 2. The van der Waals surface area contributed by atoms with Crippen LogP contribution in [0.15, 0.2) is 121 Å². The third kappa shape index (κ3) is 11.7. The molecule has 87 heavy (non-hydrogen) atoms. The van der Waals surface area contributed by atoms with E-state index < -0.39 is 97.0 Å². The number of fused-ring (bicyclic) bond motifs is 8. The molecule has 5 aliphatic rings. The Morgan fingerprint density at radius 2 is 0.644 bits per heavy atom. The average Bonchev–Trinajstić information content (AvgIpc) is 2.00. The highest BCUT2D eigenvalue weighted by atomic mass is 16.7. The molecule has 3 fully saturated rings. The number of nitrogens with one attached hydrogen (secondary N) is 2. The molecule has 25 heteroatoms. The monoisotopic (exact) mass is 1190 g/mol. The molecule has 452 valence electrons. The van der Waals surface area contributed by atoms with E-state index in [4.69, 9.17) is 38.4 Å². The Morgan fingerprint density at radius 3 is 0.966 bits per heavy atom. The van der Waals surface area contributed by atoms with E-state index in [-0.39, 0.29) is 25.5 Å². The zero-order valence-electron chi connectivity index (χ0n) is 45.6. The highest BCUT2D eigenvalue weighted by Gasteiger charge is 2.45. The summed E-state index contributed by atoms with van der Waals surface area (Å²) >= 11 is 0. The predicted octanol–water partition coefficient (Wildman–Crippen LogP) is 2.77. The van der Waals surface area contributed by atoms with Crippen LogP contribution in [0.1, 0.15) is 22.8 Å². The third-order valence-corrected chi connectivity index (χ3v) is 15.9. The molecule has 0 saturated carbocycles. The molecule has 8 heterocycles. The first-order valence-electron chi connectivity index (χ1n) is 27.6. The van der Waals surface area contributed by atoms with Crippen LogP contribution < -0.4 is 14.2 Å². The minimum absolute atomic E-state index is 0.119. The maximum absolute atomic E-state index is 11.9. The number of benzene rings is 4. The van der Waals surface area contributed by atoms with Gasteiger partial charge in [0.05, 0.1) is 27.7 Å². The molecular weight excluding hydrogens is 1130 g/mol. The van der Waals surface area contributed by atoms with Crippen molar-refractivity contribution in [1.82, 2.24) is 19.9 Å². The van der Waals surface area contributed by atoms with E-state index in [2.05, 4.69) is 9.97 Å². The van der Waals surface area contributed by atoms with E-state index in [0.29, 0.717) is 107 Å². The summed E-state index contributed by atoms with van der Waals surface area (Å²) in [6.45, 7) is -0.862. The number of non-ortho nitro benzene ring substituents is 1. The van der Waals surface area contributed by atoms with Crippen LogP contribution in [0.2, 0.25) is 0 Å². The maximum Gasteiger partial charge on any atom is 0.269 e. The molecular formula is C62H59N5O20. The first-order valence-corrected chi connectivity index (χ1v) is 27.6. The zero-order chi connectivity index (χ0) is 60.9. The minimum atomic E-state index is -1.75. The van der Waals surface area contributed by atoms with Gasteiger partial charge in [0.1, 0.15) is 110 Å². The molecule has 3 saturated heterocycles. The summed E-state index contributed by atoms with van der Waals surface area (Å²) in [7, 11) is 0. The van der Waals surface area contributed by atoms with Crippen molar-refractivity contribution in [3.05, 3.63) is 154 Å². The van der Waals surface area contributed by atoms with Gasteiger partial charge in [-0.2, -0.15) is 0 Å². The quantitative estimate of drug-likeness (QED) is 0.0550. The third-order valence-electron chi connectivity index (χ3n) is 15.9. The summed E-state index contributed by atoms with van der Waals surface area (Å²) < 4.78 is 33.9. The molecule has 15 atom stereocenters. The van der Waals surface area contributed by atoms with Gasteiger partial charge in [0.2, 0.25) is 0 Å². The lowest BCUT2D eigenvalue weighted by molar-refractivity contribution is -0.384. The van der Waals surface area contributed by atoms with Crippen molar-refractivity contribution in [1.29, 1.82) is 0 Å². The number of hydrogen-bond acceptors (Lipinski definition) is 22. The molecule has 3 aromatic heterocycles. The highest BCUT2D eigenvalue weighted by molar-refractivity contribution is 6.00. The Hall–Kier alpha value is -8.32. The number of nitrogens with zero attached hydrogens (tertiary/aromatic N) is 3. The topological polar surface area (TPSA) is 399 Å². The highest BCUT2D eigenvalue weighted by Crippen LogP contribution is 2.40. The van der Waals surface area contributed by atoms with Crippen LogP contribution in [-0.2, 0) is 14.2 Å². The summed E-state index contributed by atoms with van der Waals surface area (Å²) in [5.41, 5.74) is 9.34. The van der Waals surface area contributed by atoms with Crippen molar-refractivity contribution in [2.45, 2.75) is 92.1 Å². The number of aromatic nitrogens is 4. The van der Waals surface area contributed by atoms with Crippen LogP contribution in [0.3, 0.4) is 0 Å². The number of hydrogen-bond donors (Lipinski definition) is 14. The number of aliphatic hydroxyl groups excluding tert-OH is 12. The minimum Gasteiger partial charge on any atom is -0.491 e. The van der Waals surface area contributed by atoms with Gasteiger partial charge >= 0.3 is 0 Å². The molecule has 25 nitrogen and oxygen atoms in total. The second kappa shape index (κ2) is 24.4. The molecule has 7 aromatic rings. The van der Waals surface area contributed by atoms with Gasteiger partial charge in [-0.05, 0) is 119 Å². The van der Waals surface area contributed by atoms with Crippen molar-refractivity contribution in [2.24, 2.45) is 0 Å². The van der Waals surface area contributed by atoms with Crippen molar-refractivity contribution < 1.29 is 94.6 Å². The fraction of sp³-hybridized carbons (Fsp3) is 0.290. The number of rotatable bonds is 14. The fourth-order valence-corrected chi connectivity index (χ4v) is 11.1. The Morgan fingerprint density at radius 1 is 0.368 bits per heavy atom. The average molecular weight is 1190 g/mol. The molecule has 0 spiro atoms. The second-order valence-corrected chi connectivity index (χ2v) is 21.4. The number of nitro groups is 1. The van der Waals surface area contributed by atoms with Crippen LogP contribution in [0, 0.1) is 10.1 Å². The zero-order valence-corrected chi connectivity index (χ0v) is 45.6. The largest absolute Gasteiger partial charge is 0.491 e. The van der Waals surface area contributed by atoms with Gasteiger partial charge in [0.25, 0.3) is 5.69 Å². The first kappa shape index (κ1) is 59.0. The van der Waals surface area contributed by atoms with Crippen molar-refractivity contribution in [2.75, 3.05) is 19.8 Å². The van der Waals surface area contributed by atoms with E-state index in [1.807, 2.05) is 60.7 Å². The Balaban J connectivity index is 1.00. The lowest BCUT2D eigenvalue weighted by atomic mass is 9.99. The van der Waals surface area contributed by atoms with E-state index in [0.717, 1.165) is 0 Å². The van der Waals surface area contributed by atoms with Crippen molar-refractivity contribution in [3.63, 3.8) is 0 Å². The summed E-state index contributed by atoms with van der Waals surface area (Å²) in [6.07, 6.45) is -16.2. The summed E-state index contributed by atoms with van der Waals surface area (Å²) in [6, 6.07) is 34.6. The van der Waals surface area contributed by atoms with Crippen molar-refractivity contribution >= 4 is 52.1 Å². The van der Waals surface area contributed by atoms with Gasteiger partial charge in [-0.3, -0.25) is 10.1 Å². The molecule has 0 radical (unpaired) electrons. The summed E-state index contributed by atoms with van der Waals surface area (Å²) in [5, 5.41) is 135. The van der Waals surface area contributed by atoms with Crippen LogP contribution in [-0.4, -0.2) is 198 Å². The molecule has 14 N–H and O–H groups in total. The Kier molecular flexibility index (Phi) is 16.6. The SMILES string of the molecule is O=[N+]([O-])c1ccc(-c2c3nc(c(-c4ccc(OC[C@H]5O[C@H](O)[C@H](O)[C@@H](O)[C@@H]5O)cc4)c4nc(c(-c5ccc(OC[C@H]6O[C@H](O)[C@H](O)[C@@H](O)[C@@H]6O)cc5)c5ccc([nH]5)c(-c5ccc(OC[C@H]6O[C@H](O)[C@H](O)[C@@H](O)[C@@H]6O)cc5)c5ccc2[nH]5)C=C4)C=C3)cc1. The smallest absolute Gasteiger partial charge is 0.269 e. The summed E-state index contributed by atoms with van der Waals surface area (Å²) in [4.78, 5) is 29.3. The maximum atomic E-state index is 11.9. The number of nitro benzene ring substituents is 1. The van der Waals surface area contributed by atoms with Crippen LogP contribution >= 0.6 is 0 Å². The van der Waals surface area contributed by atoms with E-state index in [1.54, 1.807) is 72.8 Å². The first-order chi connectivity index (χ1) is 41.9. The van der Waals surface area contributed by atoms with Gasteiger partial charge in [-0.1, -0.05) is 36.4 Å². The van der Waals surface area contributed by atoms with Crippen LogP contribution in [0.4, 0.5) is 5.69 Å². The van der Waals surface area contributed by atoms with Gasteiger partial charge in [-0.15, -0.1) is 0 Å². The Bertz CT molecular complexity index is 3900. The van der Waals surface area contributed by atoms with E-state index >= 15 is 0 Å². The molecule has 4 aromatic carbocycles. The van der Waals surface area contributed by atoms with Gasteiger partial charge in [-0.25, -0.2) is 9.97 Å². The lowest BCUT2D eigenvalue weighted by Gasteiger charge is -2.38. The van der Waals surface area contributed by atoms with Crippen LogP contribution in [0.25, 0.3) is 90.9 Å². The Labute approximate surface area is 492 Å². The normalized spacial score (nSPS) is 27.9.